The second-order valence-electron chi connectivity index (χ2n) is 4.37. The molecule has 114 valence electrons. The lowest BCUT2D eigenvalue weighted by atomic mass is 10.2. The molecule has 0 spiro atoms. The molecule has 0 unspecified atom stereocenters. The van der Waals surface area contributed by atoms with Gasteiger partial charge in [0.15, 0.2) is 4.67 Å². The molecule has 0 bridgehead atoms. The highest BCUT2D eigenvalue weighted by Gasteiger charge is 2.27. The van der Waals surface area contributed by atoms with E-state index in [1.807, 2.05) is 24.3 Å². The van der Waals surface area contributed by atoms with Crippen molar-refractivity contribution in [3.63, 3.8) is 0 Å². The third kappa shape index (κ3) is 3.90. The molecule has 1 aromatic heterocycles. The SMILES string of the molecule is CN(Cc1ccc(Br)cc1)S(=O)(=O)c1cc(CCl)oc1Br. The van der Waals surface area contributed by atoms with E-state index in [2.05, 4.69) is 31.9 Å². The van der Waals surface area contributed by atoms with Gasteiger partial charge in [-0.05, 0) is 33.6 Å². The lowest BCUT2D eigenvalue weighted by Crippen LogP contribution is -2.26. The van der Waals surface area contributed by atoms with Crippen LogP contribution in [0.25, 0.3) is 0 Å². The van der Waals surface area contributed by atoms with Gasteiger partial charge in [-0.2, -0.15) is 4.31 Å². The van der Waals surface area contributed by atoms with Crippen LogP contribution >= 0.6 is 43.5 Å². The van der Waals surface area contributed by atoms with Gasteiger partial charge >= 0.3 is 0 Å². The summed E-state index contributed by atoms with van der Waals surface area (Å²) in [6.45, 7) is 0.267. The summed E-state index contributed by atoms with van der Waals surface area (Å²) in [5.41, 5.74) is 0.890. The van der Waals surface area contributed by atoms with Gasteiger partial charge in [-0.3, -0.25) is 0 Å². The summed E-state index contributed by atoms with van der Waals surface area (Å²) >= 11 is 12.1. The van der Waals surface area contributed by atoms with Crippen molar-refractivity contribution in [2.75, 3.05) is 7.05 Å². The Bertz CT molecular complexity index is 728. The zero-order valence-electron chi connectivity index (χ0n) is 11.0. The summed E-state index contributed by atoms with van der Waals surface area (Å²) < 4.78 is 32.7. The molecule has 0 N–H and O–H groups in total. The summed E-state index contributed by atoms with van der Waals surface area (Å²) in [5, 5.41) is 0. The molecular weight excluding hydrogens is 445 g/mol. The lowest BCUT2D eigenvalue weighted by molar-refractivity contribution is 0.460. The Hall–Kier alpha value is -0.340. The van der Waals surface area contributed by atoms with Gasteiger partial charge in [0.2, 0.25) is 10.0 Å². The Kier molecular flexibility index (Phi) is 5.54. The van der Waals surface area contributed by atoms with Crippen molar-refractivity contribution >= 4 is 53.5 Å². The van der Waals surface area contributed by atoms with Crippen LogP contribution in [0.3, 0.4) is 0 Å². The number of halogens is 3. The van der Waals surface area contributed by atoms with E-state index < -0.39 is 10.0 Å². The van der Waals surface area contributed by atoms with Crippen LogP contribution in [0.1, 0.15) is 11.3 Å². The molecule has 0 radical (unpaired) electrons. The molecule has 2 rings (SSSR count). The number of sulfonamides is 1. The van der Waals surface area contributed by atoms with Crippen molar-refractivity contribution in [1.82, 2.24) is 4.31 Å². The lowest BCUT2D eigenvalue weighted by Gasteiger charge is -2.16. The summed E-state index contributed by atoms with van der Waals surface area (Å²) in [4.78, 5) is 0.0813. The first-order valence-corrected chi connectivity index (χ1v) is 9.45. The maximum absolute atomic E-state index is 12.5. The van der Waals surface area contributed by atoms with Crippen LogP contribution < -0.4 is 0 Å². The first kappa shape index (κ1) is 17.0. The number of hydrogen-bond acceptors (Lipinski definition) is 3. The van der Waals surface area contributed by atoms with E-state index in [-0.39, 0.29) is 22.0 Å². The van der Waals surface area contributed by atoms with E-state index in [0.29, 0.717) is 5.76 Å². The fourth-order valence-corrected chi connectivity index (χ4v) is 4.25. The minimum absolute atomic E-state index is 0.0813. The van der Waals surface area contributed by atoms with Crippen molar-refractivity contribution in [3.8, 4) is 0 Å². The van der Waals surface area contributed by atoms with Crippen LogP contribution in [0.15, 0.2) is 48.8 Å². The molecule has 4 nitrogen and oxygen atoms in total. The molecule has 1 heterocycles. The summed E-state index contributed by atoms with van der Waals surface area (Å²) in [6, 6.07) is 8.91. The fourth-order valence-electron chi connectivity index (χ4n) is 1.74. The summed E-state index contributed by atoms with van der Waals surface area (Å²) in [7, 11) is -2.12. The highest BCUT2D eigenvalue weighted by atomic mass is 79.9. The first-order valence-electron chi connectivity index (χ1n) is 5.89. The van der Waals surface area contributed by atoms with E-state index in [9.17, 15) is 8.42 Å². The van der Waals surface area contributed by atoms with Crippen LogP contribution in [-0.4, -0.2) is 19.8 Å². The third-order valence-electron chi connectivity index (χ3n) is 2.84. The van der Waals surface area contributed by atoms with Crippen LogP contribution in [-0.2, 0) is 22.4 Å². The number of benzene rings is 1. The van der Waals surface area contributed by atoms with Gasteiger partial charge in [0, 0.05) is 24.1 Å². The van der Waals surface area contributed by atoms with Gasteiger partial charge in [0.25, 0.3) is 0 Å². The Morgan fingerprint density at radius 3 is 2.38 bits per heavy atom. The quantitative estimate of drug-likeness (QED) is 0.627. The zero-order valence-corrected chi connectivity index (χ0v) is 15.8. The number of furan rings is 1. The van der Waals surface area contributed by atoms with Crippen LogP contribution in [0.4, 0.5) is 0 Å². The Morgan fingerprint density at radius 2 is 1.86 bits per heavy atom. The topological polar surface area (TPSA) is 50.5 Å². The average molecular weight is 458 g/mol. The third-order valence-corrected chi connectivity index (χ3v) is 6.30. The van der Waals surface area contributed by atoms with Gasteiger partial charge in [-0.15, -0.1) is 11.6 Å². The molecule has 8 heteroatoms. The molecule has 1 aromatic carbocycles. The molecule has 0 fully saturated rings. The van der Waals surface area contributed by atoms with E-state index in [4.69, 9.17) is 16.0 Å². The number of rotatable bonds is 5. The molecule has 0 aliphatic carbocycles. The predicted molar refractivity (Wildman–Crippen MR) is 88.8 cm³/mol. The molecule has 0 aliphatic rings. The number of alkyl halides is 1. The second kappa shape index (κ2) is 6.83. The highest BCUT2D eigenvalue weighted by molar-refractivity contribution is 9.10. The molecule has 0 saturated carbocycles. The molecule has 0 aliphatic heterocycles. The van der Waals surface area contributed by atoms with E-state index >= 15 is 0 Å². The normalized spacial score (nSPS) is 12.0. The Labute approximate surface area is 145 Å². The number of hydrogen-bond donors (Lipinski definition) is 0. The van der Waals surface area contributed by atoms with Crippen LogP contribution in [0.5, 0.6) is 0 Å². The highest BCUT2D eigenvalue weighted by Crippen LogP contribution is 2.29. The maximum Gasteiger partial charge on any atom is 0.247 e. The average Bonchev–Trinajstić information content (AvgIpc) is 2.83. The van der Waals surface area contributed by atoms with Crippen molar-refractivity contribution in [1.29, 1.82) is 0 Å². The molecule has 21 heavy (non-hydrogen) atoms. The van der Waals surface area contributed by atoms with Crippen molar-refractivity contribution in [2.24, 2.45) is 0 Å². The maximum atomic E-state index is 12.5. The van der Waals surface area contributed by atoms with Crippen molar-refractivity contribution in [3.05, 3.63) is 50.8 Å². The van der Waals surface area contributed by atoms with Gasteiger partial charge in [0.1, 0.15) is 10.7 Å². The Balaban J connectivity index is 2.25. The van der Waals surface area contributed by atoms with Crippen LogP contribution in [0, 0.1) is 0 Å². The minimum Gasteiger partial charge on any atom is -0.452 e. The second-order valence-corrected chi connectivity index (χ2v) is 8.29. The summed E-state index contributed by atoms with van der Waals surface area (Å²) in [5.74, 6) is 0.518. The smallest absolute Gasteiger partial charge is 0.247 e. The molecular formula is C13H12Br2ClNO3S. The standard InChI is InChI=1S/C13H12Br2ClNO3S/c1-17(8-9-2-4-10(14)5-3-9)21(18,19)12-6-11(7-16)20-13(12)15/h2-6H,7-8H2,1H3. The predicted octanol–water partition coefficient (Wildman–Crippen LogP) is 4.36. The first-order chi connectivity index (χ1) is 9.84. The van der Waals surface area contributed by atoms with E-state index in [1.54, 1.807) is 0 Å². The van der Waals surface area contributed by atoms with Crippen molar-refractivity contribution < 1.29 is 12.8 Å². The monoisotopic (exact) mass is 455 g/mol. The number of nitrogens with zero attached hydrogens (tertiary/aromatic N) is 1. The van der Waals surface area contributed by atoms with Crippen LogP contribution in [0.2, 0.25) is 0 Å². The fraction of sp³-hybridized carbons (Fsp3) is 0.231. The van der Waals surface area contributed by atoms with E-state index in [0.717, 1.165) is 10.0 Å². The van der Waals surface area contributed by atoms with Gasteiger partial charge in [-0.25, -0.2) is 8.42 Å². The summed E-state index contributed by atoms with van der Waals surface area (Å²) in [6.07, 6.45) is 0. The van der Waals surface area contributed by atoms with Gasteiger partial charge < -0.3 is 4.42 Å². The van der Waals surface area contributed by atoms with Gasteiger partial charge in [-0.1, -0.05) is 28.1 Å². The molecule has 2 aromatic rings. The van der Waals surface area contributed by atoms with Crippen molar-refractivity contribution in [2.45, 2.75) is 17.3 Å². The van der Waals surface area contributed by atoms with E-state index in [1.165, 1.54) is 17.4 Å². The molecule has 0 atom stereocenters. The molecule has 0 amide bonds. The zero-order chi connectivity index (χ0) is 15.6. The molecule has 0 saturated heterocycles. The largest absolute Gasteiger partial charge is 0.452 e. The Morgan fingerprint density at radius 1 is 1.24 bits per heavy atom. The van der Waals surface area contributed by atoms with Gasteiger partial charge in [0.05, 0.1) is 5.88 Å². The minimum atomic E-state index is -3.64.